The van der Waals surface area contributed by atoms with Crippen LogP contribution in [0, 0.1) is 0 Å². The maximum Gasteiger partial charge on any atom is 0.274 e. The van der Waals surface area contributed by atoms with Gasteiger partial charge in [0.25, 0.3) is 11.8 Å². The second kappa shape index (κ2) is 4.38. The molecule has 1 aromatic rings. The van der Waals surface area contributed by atoms with Crippen molar-refractivity contribution in [2.24, 2.45) is 0 Å². The summed E-state index contributed by atoms with van der Waals surface area (Å²) in [5.74, 6) is -0.825. The zero-order chi connectivity index (χ0) is 10.6. The highest BCUT2D eigenvalue weighted by Gasteiger charge is 2.06. The maximum absolute atomic E-state index is 11.1. The number of nitrogens with one attached hydrogen (secondary N) is 2. The van der Waals surface area contributed by atoms with Gasteiger partial charge in [-0.2, -0.15) is 0 Å². The van der Waals surface area contributed by atoms with Gasteiger partial charge in [-0.1, -0.05) is 0 Å². The van der Waals surface area contributed by atoms with E-state index in [1.807, 2.05) is 0 Å². The lowest BCUT2D eigenvalue weighted by Gasteiger charge is -2.01. The van der Waals surface area contributed by atoms with Crippen molar-refractivity contribution >= 4 is 11.8 Å². The molecule has 0 radical (unpaired) electrons. The third-order valence-corrected chi connectivity index (χ3v) is 1.74. The predicted octanol–water partition coefficient (Wildman–Crippen LogP) is 0.165. The summed E-state index contributed by atoms with van der Waals surface area (Å²) < 4.78 is 0. The second-order valence-electron chi connectivity index (χ2n) is 2.60. The molecule has 0 fully saturated rings. The highest BCUT2D eigenvalue weighted by Crippen LogP contribution is 2.03. The number of hydrogen-bond donors (Lipinski definition) is 3. The minimum atomic E-state index is -0.603. The van der Waals surface area contributed by atoms with Gasteiger partial charge in [0.15, 0.2) is 0 Å². The maximum atomic E-state index is 11.1. The molecule has 0 aliphatic carbocycles. The molecule has 0 aliphatic heterocycles. The number of hydroxylamine groups is 1. The van der Waals surface area contributed by atoms with Crippen molar-refractivity contribution in [1.29, 1.82) is 0 Å². The molecular weight excluding hydrogens is 184 g/mol. The first-order chi connectivity index (χ1) is 6.69. The SMILES string of the molecule is CNC(=O)c1ccc(C(=O)NO)cc1. The Labute approximate surface area is 80.7 Å². The molecular formula is C9H10N2O3. The Morgan fingerprint density at radius 3 is 1.86 bits per heavy atom. The second-order valence-corrected chi connectivity index (χ2v) is 2.60. The molecule has 1 rings (SSSR count). The van der Waals surface area contributed by atoms with E-state index < -0.39 is 5.91 Å². The topological polar surface area (TPSA) is 78.4 Å². The molecule has 0 aliphatic rings. The summed E-state index contributed by atoms with van der Waals surface area (Å²) >= 11 is 0. The normalized spacial score (nSPS) is 9.29. The van der Waals surface area contributed by atoms with E-state index in [0.29, 0.717) is 11.1 Å². The molecule has 0 heterocycles. The van der Waals surface area contributed by atoms with Gasteiger partial charge in [0, 0.05) is 18.2 Å². The van der Waals surface area contributed by atoms with Gasteiger partial charge in [-0.3, -0.25) is 14.8 Å². The summed E-state index contributed by atoms with van der Waals surface area (Å²) in [5, 5.41) is 10.8. The van der Waals surface area contributed by atoms with E-state index in [-0.39, 0.29) is 5.91 Å². The van der Waals surface area contributed by atoms with Crippen LogP contribution in [0.3, 0.4) is 0 Å². The van der Waals surface area contributed by atoms with Crippen molar-refractivity contribution in [1.82, 2.24) is 10.8 Å². The zero-order valence-electron chi connectivity index (χ0n) is 7.57. The summed E-state index contributed by atoms with van der Waals surface area (Å²) in [5.41, 5.74) is 2.26. The molecule has 5 nitrogen and oxygen atoms in total. The average molecular weight is 194 g/mol. The first-order valence-corrected chi connectivity index (χ1v) is 3.95. The van der Waals surface area contributed by atoms with Crippen molar-refractivity contribution in [2.75, 3.05) is 7.05 Å². The summed E-state index contributed by atoms with van der Waals surface area (Å²) in [4.78, 5) is 22.0. The number of carbonyl (C=O) groups excluding carboxylic acids is 2. The smallest absolute Gasteiger partial charge is 0.274 e. The molecule has 0 bridgehead atoms. The largest absolute Gasteiger partial charge is 0.355 e. The molecule has 5 heteroatoms. The van der Waals surface area contributed by atoms with Crippen molar-refractivity contribution in [3.63, 3.8) is 0 Å². The van der Waals surface area contributed by atoms with E-state index in [1.165, 1.54) is 36.8 Å². The Bertz CT molecular complexity index is 311. The fraction of sp³-hybridized carbons (Fsp3) is 0.111. The van der Waals surface area contributed by atoms with Crippen molar-refractivity contribution in [3.05, 3.63) is 35.4 Å². The zero-order valence-corrected chi connectivity index (χ0v) is 7.57. The van der Waals surface area contributed by atoms with Gasteiger partial charge in [-0.25, -0.2) is 5.48 Å². The predicted molar refractivity (Wildman–Crippen MR) is 49.1 cm³/mol. The number of carbonyl (C=O) groups is 2. The Morgan fingerprint density at radius 2 is 1.50 bits per heavy atom. The lowest BCUT2D eigenvalue weighted by molar-refractivity contribution is 0.0706. The van der Waals surface area contributed by atoms with Crippen LogP contribution in [0.1, 0.15) is 20.7 Å². The van der Waals surface area contributed by atoms with Crippen LogP contribution in [0.2, 0.25) is 0 Å². The molecule has 0 saturated carbocycles. The molecule has 2 amide bonds. The first-order valence-electron chi connectivity index (χ1n) is 3.95. The van der Waals surface area contributed by atoms with Crippen LogP contribution in [0.4, 0.5) is 0 Å². The van der Waals surface area contributed by atoms with Crippen molar-refractivity contribution in [3.8, 4) is 0 Å². The quantitative estimate of drug-likeness (QED) is 0.463. The average Bonchev–Trinajstić information content (AvgIpc) is 2.27. The third-order valence-electron chi connectivity index (χ3n) is 1.74. The van der Waals surface area contributed by atoms with Gasteiger partial charge < -0.3 is 5.32 Å². The van der Waals surface area contributed by atoms with Gasteiger partial charge in [0.2, 0.25) is 0 Å². The number of amides is 2. The van der Waals surface area contributed by atoms with Gasteiger partial charge in [0.05, 0.1) is 0 Å². The Morgan fingerprint density at radius 1 is 1.07 bits per heavy atom. The molecule has 0 spiro atoms. The molecule has 1 aromatic carbocycles. The van der Waals surface area contributed by atoms with E-state index in [9.17, 15) is 9.59 Å². The molecule has 74 valence electrons. The fourth-order valence-corrected chi connectivity index (χ4v) is 0.982. The Balaban J connectivity index is 2.89. The molecule has 0 atom stereocenters. The summed E-state index contributed by atoms with van der Waals surface area (Å²) in [6, 6.07) is 5.92. The van der Waals surface area contributed by atoms with Crippen molar-refractivity contribution in [2.45, 2.75) is 0 Å². The van der Waals surface area contributed by atoms with Crippen LogP contribution in [0.25, 0.3) is 0 Å². The van der Waals surface area contributed by atoms with Gasteiger partial charge in [-0.15, -0.1) is 0 Å². The molecule has 0 aromatic heterocycles. The number of hydrogen-bond acceptors (Lipinski definition) is 3. The van der Waals surface area contributed by atoms with Crippen LogP contribution in [0.5, 0.6) is 0 Å². The van der Waals surface area contributed by atoms with Gasteiger partial charge >= 0.3 is 0 Å². The minimum absolute atomic E-state index is 0.221. The van der Waals surface area contributed by atoms with Crippen LogP contribution < -0.4 is 10.8 Å². The minimum Gasteiger partial charge on any atom is -0.355 e. The van der Waals surface area contributed by atoms with Crippen LogP contribution >= 0.6 is 0 Å². The summed E-state index contributed by atoms with van der Waals surface area (Å²) in [7, 11) is 1.52. The lowest BCUT2D eigenvalue weighted by Crippen LogP contribution is -2.20. The molecule has 0 unspecified atom stereocenters. The Hall–Kier alpha value is -1.88. The standard InChI is InChI=1S/C9H10N2O3/c1-10-8(12)6-2-4-7(5-3-6)9(13)11-14/h2-5,14H,1H3,(H,10,12)(H,11,13). The number of rotatable bonds is 2. The fourth-order valence-electron chi connectivity index (χ4n) is 0.982. The summed E-state index contributed by atoms with van der Waals surface area (Å²) in [6.07, 6.45) is 0. The van der Waals surface area contributed by atoms with E-state index in [2.05, 4.69) is 5.32 Å². The molecule has 3 N–H and O–H groups in total. The van der Waals surface area contributed by atoms with Gasteiger partial charge in [-0.05, 0) is 24.3 Å². The highest BCUT2D eigenvalue weighted by atomic mass is 16.5. The van der Waals surface area contributed by atoms with Crippen LogP contribution in [-0.4, -0.2) is 24.1 Å². The number of benzene rings is 1. The lowest BCUT2D eigenvalue weighted by atomic mass is 10.1. The monoisotopic (exact) mass is 194 g/mol. The third kappa shape index (κ3) is 2.08. The van der Waals surface area contributed by atoms with Crippen LogP contribution in [0.15, 0.2) is 24.3 Å². The van der Waals surface area contributed by atoms with E-state index in [1.54, 1.807) is 0 Å². The molecule has 14 heavy (non-hydrogen) atoms. The summed E-state index contributed by atoms with van der Waals surface area (Å²) in [6.45, 7) is 0. The van der Waals surface area contributed by atoms with E-state index in [0.717, 1.165) is 0 Å². The Kier molecular flexibility index (Phi) is 3.19. The van der Waals surface area contributed by atoms with E-state index in [4.69, 9.17) is 5.21 Å². The van der Waals surface area contributed by atoms with Crippen molar-refractivity contribution < 1.29 is 14.8 Å². The first kappa shape index (κ1) is 10.2. The highest BCUT2D eigenvalue weighted by molar-refractivity contribution is 5.97. The van der Waals surface area contributed by atoms with Crippen LogP contribution in [-0.2, 0) is 0 Å². The van der Waals surface area contributed by atoms with Gasteiger partial charge in [0.1, 0.15) is 0 Å². The molecule has 0 saturated heterocycles. The van der Waals surface area contributed by atoms with E-state index >= 15 is 0 Å².